The Morgan fingerprint density at radius 3 is 2.67 bits per heavy atom. The molecule has 1 heterocycles. The summed E-state index contributed by atoms with van der Waals surface area (Å²) < 4.78 is 5.98. The first kappa shape index (κ1) is 16.3. The first-order valence-electron chi connectivity index (χ1n) is 8.19. The number of nitrogens with zero attached hydrogens (tertiary/aromatic N) is 1. The van der Waals surface area contributed by atoms with Crippen LogP contribution in [0.5, 0.6) is 5.88 Å². The average molecular weight is 290 g/mol. The maximum atomic E-state index is 5.98. The van der Waals surface area contributed by atoms with E-state index in [-0.39, 0.29) is 0 Å². The second kappa shape index (κ2) is 6.78. The second-order valence-corrected chi connectivity index (χ2v) is 7.79. The lowest BCUT2D eigenvalue weighted by molar-refractivity contribution is 0.0771. The Kier molecular flexibility index (Phi) is 5.26. The number of hydrogen-bond donors (Lipinski definition) is 1. The molecule has 1 saturated carbocycles. The molecule has 1 fully saturated rings. The lowest BCUT2D eigenvalue weighted by Crippen LogP contribution is -2.49. The fourth-order valence-corrected chi connectivity index (χ4v) is 2.63. The highest BCUT2D eigenvalue weighted by Crippen LogP contribution is 2.27. The lowest BCUT2D eigenvalue weighted by atomic mass is 9.88. The summed E-state index contributed by atoms with van der Waals surface area (Å²) in [5, 5.41) is 3.54. The molecule has 0 aliphatic heterocycles. The normalized spacial score (nSPS) is 22.2. The molecule has 0 atom stereocenters. The van der Waals surface area contributed by atoms with Crippen LogP contribution in [0.3, 0.4) is 0 Å². The van der Waals surface area contributed by atoms with E-state index in [0.29, 0.717) is 23.6 Å². The number of rotatable bonds is 6. The molecule has 1 N–H and O–H groups in total. The van der Waals surface area contributed by atoms with Gasteiger partial charge in [-0.1, -0.05) is 34.6 Å². The molecule has 3 nitrogen and oxygen atoms in total. The average Bonchev–Trinajstić information content (AvgIpc) is 2.33. The van der Waals surface area contributed by atoms with Crippen LogP contribution >= 0.6 is 0 Å². The van der Waals surface area contributed by atoms with E-state index in [4.69, 9.17) is 4.74 Å². The van der Waals surface area contributed by atoms with Gasteiger partial charge in [-0.3, -0.25) is 0 Å². The minimum absolute atomic E-state index is 0.326. The van der Waals surface area contributed by atoms with Crippen molar-refractivity contribution in [3.8, 4) is 5.88 Å². The summed E-state index contributed by atoms with van der Waals surface area (Å²) in [6.07, 6.45) is 6.64. The van der Waals surface area contributed by atoms with Crippen molar-refractivity contribution in [3.05, 3.63) is 23.9 Å². The van der Waals surface area contributed by atoms with Gasteiger partial charge >= 0.3 is 0 Å². The zero-order valence-corrected chi connectivity index (χ0v) is 14.1. The predicted molar refractivity (Wildman–Crippen MR) is 87.7 cm³/mol. The van der Waals surface area contributed by atoms with Gasteiger partial charge in [-0.2, -0.15) is 0 Å². The van der Waals surface area contributed by atoms with Crippen molar-refractivity contribution in [3.63, 3.8) is 0 Å². The molecule has 1 aliphatic rings. The zero-order chi connectivity index (χ0) is 15.5. The number of aromatic nitrogens is 1. The molecule has 21 heavy (non-hydrogen) atoms. The third kappa shape index (κ3) is 5.66. The summed E-state index contributed by atoms with van der Waals surface area (Å²) in [5.74, 6) is 0.786. The van der Waals surface area contributed by atoms with Crippen molar-refractivity contribution in [2.24, 2.45) is 5.41 Å². The minimum Gasteiger partial charge on any atom is -0.474 e. The van der Waals surface area contributed by atoms with E-state index in [1.165, 1.54) is 12.0 Å². The summed E-state index contributed by atoms with van der Waals surface area (Å²) in [4.78, 5) is 4.35. The van der Waals surface area contributed by atoms with Crippen LogP contribution in [0.1, 0.15) is 59.4 Å². The molecular weight excluding hydrogens is 260 g/mol. The summed E-state index contributed by atoms with van der Waals surface area (Å²) in [7, 11) is 0. The van der Waals surface area contributed by atoms with Crippen molar-refractivity contribution < 1.29 is 4.74 Å². The van der Waals surface area contributed by atoms with Crippen molar-refractivity contribution in [2.45, 2.75) is 78.5 Å². The van der Waals surface area contributed by atoms with Crippen molar-refractivity contribution in [1.29, 1.82) is 0 Å². The van der Waals surface area contributed by atoms with Gasteiger partial charge in [0.25, 0.3) is 0 Å². The van der Waals surface area contributed by atoms with E-state index >= 15 is 0 Å². The molecule has 1 aromatic heterocycles. The molecule has 1 aromatic rings. The third-order valence-corrected chi connectivity index (χ3v) is 3.91. The smallest absolute Gasteiger partial charge is 0.213 e. The van der Waals surface area contributed by atoms with Crippen LogP contribution < -0.4 is 10.1 Å². The molecule has 0 aromatic carbocycles. The Labute approximate surface area is 129 Å². The van der Waals surface area contributed by atoms with Crippen LogP contribution in [0.25, 0.3) is 0 Å². The molecule has 0 spiro atoms. The summed E-state index contributed by atoms with van der Waals surface area (Å²) in [6, 6.07) is 5.37. The monoisotopic (exact) mass is 290 g/mol. The molecule has 118 valence electrons. The van der Waals surface area contributed by atoms with Crippen LogP contribution in [0, 0.1) is 5.41 Å². The fraction of sp³-hybridized carbons (Fsp3) is 0.722. The standard InChI is InChI=1S/C18H30N2O/c1-13(2)20-15-11-16(12-15)21-17-10-14(7-9-19-17)6-8-18(3,4)5/h7,9-10,13,15-16,20H,6,8,11-12H2,1-5H3/t15-,16+. The number of ether oxygens (including phenoxy) is 1. The van der Waals surface area contributed by atoms with Gasteiger partial charge in [-0.05, 0) is 42.7 Å². The van der Waals surface area contributed by atoms with E-state index in [2.05, 4.69) is 57.1 Å². The number of pyridine rings is 1. The van der Waals surface area contributed by atoms with Crippen LogP contribution in [0.15, 0.2) is 18.3 Å². The maximum Gasteiger partial charge on any atom is 0.213 e. The van der Waals surface area contributed by atoms with E-state index < -0.39 is 0 Å². The maximum absolute atomic E-state index is 5.98. The lowest BCUT2D eigenvalue weighted by Gasteiger charge is -2.36. The van der Waals surface area contributed by atoms with Gasteiger partial charge < -0.3 is 10.1 Å². The molecule has 0 unspecified atom stereocenters. The number of hydrogen-bond acceptors (Lipinski definition) is 3. The van der Waals surface area contributed by atoms with Gasteiger partial charge in [-0.15, -0.1) is 0 Å². The minimum atomic E-state index is 0.326. The number of nitrogens with one attached hydrogen (secondary N) is 1. The van der Waals surface area contributed by atoms with Crippen LogP contribution in [0.4, 0.5) is 0 Å². The molecule has 3 heteroatoms. The van der Waals surface area contributed by atoms with E-state index in [1.807, 2.05) is 6.20 Å². The van der Waals surface area contributed by atoms with Gasteiger partial charge in [0.1, 0.15) is 6.10 Å². The van der Waals surface area contributed by atoms with E-state index in [1.54, 1.807) is 0 Å². The molecule has 0 amide bonds. The van der Waals surface area contributed by atoms with Crippen molar-refractivity contribution in [1.82, 2.24) is 10.3 Å². The molecule has 1 aliphatic carbocycles. The van der Waals surface area contributed by atoms with Crippen molar-refractivity contribution >= 4 is 0 Å². The highest BCUT2D eigenvalue weighted by atomic mass is 16.5. The molecule has 0 saturated heterocycles. The van der Waals surface area contributed by atoms with Gasteiger partial charge in [0.15, 0.2) is 0 Å². The summed E-state index contributed by atoms with van der Waals surface area (Å²) in [5.41, 5.74) is 1.69. The van der Waals surface area contributed by atoms with E-state index in [0.717, 1.165) is 25.1 Å². The van der Waals surface area contributed by atoms with Gasteiger partial charge in [0.2, 0.25) is 5.88 Å². The molecule has 0 radical (unpaired) electrons. The van der Waals surface area contributed by atoms with Gasteiger partial charge in [0.05, 0.1) is 0 Å². The summed E-state index contributed by atoms with van der Waals surface area (Å²) in [6.45, 7) is 11.2. The Morgan fingerprint density at radius 1 is 1.33 bits per heavy atom. The van der Waals surface area contributed by atoms with Gasteiger partial charge in [-0.25, -0.2) is 4.98 Å². The Hall–Kier alpha value is -1.09. The Morgan fingerprint density at radius 2 is 2.05 bits per heavy atom. The first-order valence-corrected chi connectivity index (χ1v) is 8.19. The van der Waals surface area contributed by atoms with Crippen molar-refractivity contribution in [2.75, 3.05) is 0 Å². The Bertz CT molecular complexity index is 445. The predicted octanol–water partition coefficient (Wildman–Crippen LogP) is 3.97. The topological polar surface area (TPSA) is 34.1 Å². The number of aryl methyl sites for hydroxylation is 1. The van der Waals surface area contributed by atoms with Gasteiger partial charge in [0, 0.05) is 24.3 Å². The molecular formula is C18H30N2O. The SMILES string of the molecule is CC(C)N[C@H]1C[C@@H](Oc2cc(CCC(C)(C)C)ccn2)C1. The third-order valence-electron chi connectivity index (χ3n) is 3.91. The fourth-order valence-electron chi connectivity index (χ4n) is 2.63. The van der Waals surface area contributed by atoms with Crippen LogP contribution in [0.2, 0.25) is 0 Å². The molecule has 0 bridgehead atoms. The largest absolute Gasteiger partial charge is 0.474 e. The summed E-state index contributed by atoms with van der Waals surface area (Å²) >= 11 is 0. The second-order valence-electron chi connectivity index (χ2n) is 7.79. The Balaban J connectivity index is 1.80. The molecule has 2 rings (SSSR count). The highest BCUT2D eigenvalue weighted by molar-refractivity contribution is 5.21. The quantitative estimate of drug-likeness (QED) is 0.861. The van der Waals surface area contributed by atoms with Crippen LogP contribution in [-0.2, 0) is 6.42 Å². The highest BCUT2D eigenvalue weighted by Gasteiger charge is 2.31. The van der Waals surface area contributed by atoms with E-state index in [9.17, 15) is 0 Å². The zero-order valence-electron chi connectivity index (χ0n) is 14.1. The first-order chi connectivity index (χ1) is 9.82. The van der Waals surface area contributed by atoms with Crippen LogP contribution in [-0.4, -0.2) is 23.2 Å².